The highest BCUT2D eigenvalue weighted by molar-refractivity contribution is 6.04. The summed E-state index contributed by atoms with van der Waals surface area (Å²) in [6.45, 7) is 8.45. The van der Waals surface area contributed by atoms with E-state index in [1.165, 1.54) is 38.3 Å². The summed E-state index contributed by atoms with van der Waals surface area (Å²) in [7, 11) is 0. The number of fused-ring (bicyclic) bond motifs is 1. The van der Waals surface area contributed by atoms with Gasteiger partial charge in [0.05, 0.1) is 18.7 Å². The zero-order valence-electron chi connectivity index (χ0n) is 23.8. The number of hydrogen-bond acceptors (Lipinski definition) is 6. The van der Waals surface area contributed by atoms with Crippen molar-refractivity contribution in [3.63, 3.8) is 0 Å². The molecule has 9 heteroatoms. The first-order valence-corrected chi connectivity index (χ1v) is 14.1. The monoisotopic (exact) mass is 560 g/mol. The molecule has 3 aromatic rings. The molecule has 2 aromatic carbocycles. The maximum Gasteiger partial charge on any atom is 0.260 e. The van der Waals surface area contributed by atoms with Gasteiger partial charge < -0.3 is 13.9 Å². The van der Waals surface area contributed by atoms with Crippen LogP contribution >= 0.6 is 0 Å². The predicted octanol–water partition coefficient (Wildman–Crippen LogP) is 7.58. The molecule has 0 N–H and O–H groups in total. The minimum atomic E-state index is -2.70. The number of oxazole rings is 1. The van der Waals surface area contributed by atoms with Crippen molar-refractivity contribution < 1.29 is 31.9 Å². The molecule has 2 fully saturated rings. The Morgan fingerprint density at radius 3 is 2.48 bits per heavy atom. The van der Waals surface area contributed by atoms with Crippen LogP contribution in [0.25, 0.3) is 11.1 Å². The molecular formula is C31H39F3N2O4. The Morgan fingerprint density at radius 1 is 1.18 bits per heavy atom. The van der Waals surface area contributed by atoms with Gasteiger partial charge >= 0.3 is 0 Å². The molecule has 0 radical (unpaired) electrons. The van der Waals surface area contributed by atoms with Gasteiger partial charge in [0.2, 0.25) is 11.3 Å². The molecule has 2 heterocycles. The number of rotatable bonds is 10. The highest BCUT2D eigenvalue weighted by Gasteiger charge is 2.35. The minimum absolute atomic E-state index is 0.0960. The highest BCUT2D eigenvalue weighted by Crippen LogP contribution is 2.42. The number of benzene rings is 2. The third-order valence-electron chi connectivity index (χ3n) is 7.52. The van der Waals surface area contributed by atoms with Crippen molar-refractivity contribution in [2.24, 2.45) is 5.92 Å². The van der Waals surface area contributed by atoms with E-state index in [1.807, 2.05) is 6.92 Å². The van der Waals surface area contributed by atoms with Crippen molar-refractivity contribution >= 4 is 16.9 Å². The number of Topliss-reactive ketones (excluding diaryl/α,β-unsaturated/α-hetero) is 1. The lowest BCUT2D eigenvalue weighted by molar-refractivity contribution is -0.0657. The van der Waals surface area contributed by atoms with E-state index >= 15 is 0 Å². The number of alkyl halides is 2. The summed E-state index contributed by atoms with van der Waals surface area (Å²) >= 11 is 0. The highest BCUT2D eigenvalue weighted by atomic mass is 19.3. The fourth-order valence-corrected chi connectivity index (χ4v) is 4.85. The molecule has 1 aliphatic heterocycles. The summed E-state index contributed by atoms with van der Waals surface area (Å²) in [5.74, 6) is -1.52. The van der Waals surface area contributed by atoms with E-state index in [9.17, 15) is 18.0 Å². The van der Waals surface area contributed by atoms with E-state index < -0.39 is 5.92 Å². The Hall–Kier alpha value is -3.07. The van der Waals surface area contributed by atoms with Gasteiger partial charge in [-0.05, 0) is 68.3 Å². The Bertz CT molecular complexity index is 1290. The molecule has 5 rings (SSSR count). The van der Waals surface area contributed by atoms with Gasteiger partial charge in [0.1, 0.15) is 17.9 Å². The van der Waals surface area contributed by atoms with Gasteiger partial charge in [-0.15, -0.1) is 0 Å². The topological polar surface area (TPSA) is 64.8 Å². The average Bonchev–Trinajstić information content (AvgIpc) is 3.52. The average molecular weight is 561 g/mol. The van der Waals surface area contributed by atoms with Crippen molar-refractivity contribution in [3.8, 4) is 11.5 Å². The van der Waals surface area contributed by atoms with Crippen molar-refractivity contribution in [2.45, 2.75) is 71.6 Å². The molecule has 0 bridgehead atoms. The number of carbonyl (C=O) groups excluding carboxylic acids is 1. The number of hydrogen-bond donors (Lipinski definition) is 0. The number of carbonyl (C=O) groups is 1. The summed E-state index contributed by atoms with van der Waals surface area (Å²) < 4.78 is 58.6. The normalized spacial score (nSPS) is 17.7. The lowest BCUT2D eigenvalue weighted by Crippen LogP contribution is -2.44. The lowest BCUT2D eigenvalue weighted by Gasteiger charge is -2.32. The largest absolute Gasteiger partial charge is 0.487 e. The SMILES string of the molecule is CC(=O)c1c(OCCN2CCCC(F)(F)C2)c(OCCC(C)c2ccc(F)cc2)c2ocnc2c1C.CC1CC1. The standard InChI is InChI=1S/C27H31F3N2O4.C4H8/c1-17(20-5-7-21(28)8-6-20)9-13-34-26-24(35-14-12-32-11-4-10-27(29,30)15-32)22(19(3)33)18(2)23-25(26)36-16-31-23;1-4-2-3-4/h5-8,16-17H,4,9-15H2,1-3H3;4H,2-3H2,1H3. The quantitative estimate of drug-likeness (QED) is 0.238. The molecule has 218 valence electrons. The Morgan fingerprint density at radius 2 is 1.85 bits per heavy atom. The van der Waals surface area contributed by atoms with Gasteiger partial charge in [0, 0.05) is 13.0 Å². The number of nitrogens with zero attached hydrogens (tertiary/aromatic N) is 2. The van der Waals surface area contributed by atoms with Gasteiger partial charge in [-0.2, -0.15) is 0 Å². The van der Waals surface area contributed by atoms with Crippen LogP contribution in [0.5, 0.6) is 11.5 Å². The Labute approximate surface area is 233 Å². The van der Waals surface area contributed by atoms with Gasteiger partial charge in [-0.1, -0.05) is 38.8 Å². The second-order valence-electron chi connectivity index (χ2n) is 11.1. The molecule has 1 unspecified atom stereocenters. The molecule has 1 atom stereocenters. The van der Waals surface area contributed by atoms with Crippen LogP contribution in [0.15, 0.2) is 35.1 Å². The Kier molecular flexibility index (Phi) is 9.77. The first-order valence-electron chi connectivity index (χ1n) is 14.1. The van der Waals surface area contributed by atoms with E-state index in [1.54, 1.807) is 24.0 Å². The molecular weight excluding hydrogens is 521 g/mol. The van der Waals surface area contributed by atoms with E-state index in [0.29, 0.717) is 48.2 Å². The second-order valence-corrected chi connectivity index (χ2v) is 11.1. The number of halogens is 3. The molecule has 6 nitrogen and oxygen atoms in total. The molecule has 1 aliphatic carbocycles. The van der Waals surface area contributed by atoms with Crippen LogP contribution in [0.3, 0.4) is 0 Å². The van der Waals surface area contributed by atoms with Crippen LogP contribution in [0.4, 0.5) is 13.2 Å². The third-order valence-corrected chi connectivity index (χ3v) is 7.52. The smallest absolute Gasteiger partial charge is 0.260 e. The Balaban J connectivity index is 0.000000848. The fourth-order valence-electron chi connectivity index (χ4n) is 4.85. The third kappa shape index (κ3) is 7.77. The first kappa shape index (κ1) is 29.9. The molecule has 1 saturated carbocycles. The van der Waals surface area contributed by atoms with Crippen LogP contribution in [0.2, 0.25) is 0 Å². The van der Waals surface area contributed by atoms with Gasteiger partial charge in [-0.3, -0.25) is 9.69 Å². The summed E-state index contributed by atoms with van der Waals surface area (Å²) in [6.07, 6.45) is 5.20. The van der Waals surface area contributed by atoms with E-state index in [-0.39, 0.29) is 55.2 Å². The molecule has 0 amide bonds. The molecule has 2 aliphatic rings. The number of ketones is 1. The van der Waals surface area contributed by atoms with Crippen molar-refractivity contribution in [2.75, 3.05) is 32.8 Å². The summed E-state index contributed by atoms with van der Waals surface area (Å²) in [5, 5.41) is 0. The summed E-state index contributed by atoms with van der Waals surface area (Å²) in [4.78, 5) is 18.5. The number of ether oxygens (including phenoxy) is 2. The number of aryl methyl sites for hydroxylation is 1. The van der Waals surface area contributed by atoms with E-state index in [2.05, 4.69) is 11.9 Å². The van der Waals surface area contributed by atoms with Crippen LogP contribution in [0, 0.1) is 18.7 Å². The molecule has 1 aromatic heterocycles. The zero-order valence-corrected chi connectivity index (χ0v) is 23.8. The molecule has 40 heavy (non-hydrogen) atoms. The first-order chi connectivity index (χ1) is 19.1. The van der Waals surface area contributed by atoms with Crippen molar-refractivity contribution in [1.82, 2.24) is 9.88 Å². The summed E-state index contributed by atoms with van der Waals surface area (Å²) in [6, 6.07) is 6.34. The molecule has 0 spiro atoms. The minimum Gasteiger partial charge on any atom is -0.487 e. The van der Waals surface area contributed by atoms with Gasteiger partial charge in [-0.25, -0.2) is 18.2 Å². The van der Waals surface area contributed by atoms with Crippen LogP contribution in [-0.2, 0) is 0 Å². The number of likely N-dealkylation sites (tertiary alicyclic amines) is 1. The van der Waals surface area contributed by atoms with Gasteiger partial charge in [0.15, 0.2) is 17.9 Å². The van der Waals surface area contributed by atoms with E-state index in [0.717, 1.165) is 11.5 Å². The second kappa shape index (κ2) is 13.1. The predicted molar refractivity (Wildman–Crippen MR) is 148 cm³/mol. The zero-order chi connectivity index (χ0) is 28.9. The molecule has 1 saturated heterocycles. The van der Waals surface area contributed by atoms with Crippen LogP contribution in [-0.4, -0.2) is 54.4 Å². The van der Waals surface area contributed by atoms with Crippen LogP contribution in [0.1, 0.15) is 80.3 Å². The van der Waals surface area contributed by atoms with Crippen LogP contribution < -0.4 is 9.47 Å². The maximum atomic E-state index is 13.8. The van der Waals surface area contributed by atoms with Crippen molar-refractivity contribution in [1.29, 1.82) is 0 Å². The number of piperidine rings is 1. The summed E-state index contributed by atoms with van der Waals surface area (Å²) in [5.41, 5.74) is 2.80. The number of aromatic nitrogens is 1. The van der Waals surface area contributed by atoms with Crippen molar-refractivity contribution in [3.05, 3.63) is 53.2 Å². The van der Waals surface area contributed by atoms with E-state index in [4.69, 9.17) is 13.9 Å². The maximum absolute atomic E-state index is 13.8. The lowest BCUT2D eigenvalue weighted by atomic mass is 9.98. The van der Waals surface area contributed by atoms with Gasteiger partial charge in [0.25, 0.3) is 5.92 Å². The fraction of sp³-hybridized carbons (Fsp3) is 0.548.